The van der Waals surface area contributed by atoms with Gasteiger partial charge in [0.2, 0.25) is 0 Å². The van der Waals surface area contributed by atoms with Crippen molar-refractivity contribution in [1.82, 2.24) is 15.3 Å². The number of nitrogens with one attached hydrogen (secondary N) is 2. The highest BCUT2D eigenvalue weighted by molar-refractivity contribution is 9.10. The van der Waals surface area contributed by atoms with Crippen molar-refractivity contribution in [2.45, 2.75) is 19.5 Å². The number of aromatic amines is 1. The molecule has 0 saturated carbocycles. The van der Waals surface area contributed by atoms with E-state index in [0.717, 1.165) is 32.2 Å². The van der Waals surface area contributed by atoms with Crippen LogP contribution in [0.3, 0.4) is 0 Å². The van der Waals surface area contributed by atoms with Crippen molar-refractivity contribution in [2.24, 2.45) is 0 Å². The quantitative estimate of drug-likeness (QED) is 0.686. The van der Waals surface area contributed by atoms with Crippen LogP contribution in [0.5, 0.6) is 0 Å². The Hall–Kier alpha value is -0.880. The summed E-state index contributed by atoms with van der Waals surface area (Å²) in [5, 5.41) is 3.45. The van der Waals surface area contributed by atoms with Crippen molar-refractivity contribution < 1.29 is 0 Å². The molecule has 3 aromatic rings. The monoisotopic (exact) mass is 369 g/mol. The summed E-state index contributed by atoms with van der Waals surface area (Å²) >= 11 is 11.0. The van der Waals surface area contributed by atoms with Crippen LogP contribution < -0.4 is 5.32 Å². The number of fused-ring (bicyclic) bond motifs is 1. The summed E-state index contributed by atoms with van der Waals surface area (Å²) < 4.78 is 1.75. The number of benzene rings is 1. The molecule has 1 aromatic carbocycles. The van der Waals surface area contributed by atoms with Gasteiger partial charge in [-0.25, -0.2) is 4.98 Å². The maximum absolute atomic E-state index is 6.04. The second-order valence-electron chi connectivity index (χ2n) is 4.58. The number of thiophene rings is 1. The average Bonchev–Trinajstić information content (AvgIpc) is 3.00. The van der Waals surface area contributed by atoms with Crippen molar-refractivity contribution in [1.29, 1.82) is 0 Å². The van der Waals surface area contributed by atoms with Gasteiger partial charge in [-0.05, 0) is 41.1 Å². The van der Waals surface area contributed by atoms with Crippen LogP contribution in [0.25, 0.3) is 11.0 Å². The third-order valence-electron chi connectivity index (χ3n) is 3.10. The Morgan fingerprint density at radius 3 is 2.95 bits per heavy atom. The van der Waals surface area contributed by atoms with Gasteiger partial charge in [-0.2, -0.15) is 0 Å². The van der Waals surface area contributed by atoms with Crippen LogP contribution in [-0.2, 0) is 6.54 Å². The van der Waals surface area contributed by atoms with Crippen LogP contribution >= 0.6 is 38.9 Å². The molecule has 0 aliphatic rings. The van der Waals surface area contributed by atoms with Gasteiger partial charge in [-0.3, -0.25) is 0 Å². The number of hydrogen-bond donors (Lipinski definition) is 2. The van der Waals surface area contributed by atoms with E-state index < -0.39 is 0 Å². The van der Waals surface area contributed by atoms with E-state index in [2.05, 4.69) is 38.1 Å². The topological polar surface area (TPSA) is 40.7 Å². The van der Waals surface area contributed by atoms with Gasteiger partial charge in [0.1, 0.15) is 10.2 Å². The maximum Gasteiger partial charge on any atom is 0.124 e. The predicted octanol–water partition coefficient (Wildman–Crippen LogP) is 4.89. The number of H-pyrrole nitrogens is 1. The number of hydrogen-bond acceptors (Lipinski definition) is 3. The van der Waals surface area contributed by atoms with Crippen molar-refractivity contribution in [2.75, 3.05) is 0 Å². The van der Waals surface area contributed by atoms with E-state index in [4.69, 9.17) is 11.6 Å². The van der Waals surface area contributed by atoms with Crippen LogP contribution in [0.4, 0.5) is 0 Å². The van der Waals surface area contributed by atoms with Gasteiger partial charge >= 0.3 is 0 Å². The number of halogens is 2. The zero-order valence-corrected chi connectivity index (χ0v) is 13.9. The van der Waals surface area contributed by atoms with E-state index in [9.17, 15) is 0 Å². The Bertz CT molecular complexity index is 684. The lowest BCUT2D eigenvalue weighted by Gasteiger charge is -2.09. The maximum atomic E-state index is 6.04. The molecule has 0 amide bonds. The summed E-state index contributed by atoms with van der Waals surface area (Å²) in [7, 11) is 0. The molecular weight excluding hydrogens is 358 g/mol. The second-order valence-corrected chi connectivity index (χ2v) is 7.17. The number of para-hydroxylation sites is 2. The molecule has 0 aliphatic carbocycles. The third-order valence-corrected chi connectivity index (χ3v) is 5.57. The summed E-state index contributed by atoms with van der Waals surface area (Å²) in [6, 6.07) is 10.3. The Morgan fingerprint density at radius 2 is 2.25 bits per heavy atom. The smallest absolute Gasteiger partial charge is 0.124 e. The van der Waals surface area contributed by atoms with E-state index in [0.29, 0.717) is 0 Å². The summed E-state index contributed by atoms with van der Waals surface area (Å²) in [5.41, 5.74) is 2.07. The highest BCUT2D eigenvalue weighted by Gasteiger charge is 2.11. The molecule has 2 heterocycles. The van der Waals surface area contributed by atoms with Gasteiger partial charge in [0.25, 0.3) is 0 Å². The van der Waals surface area contributed by atoms with Crippen LogP contribution in [0.1, 0.15) is 23.7 Å². The minimum absolute atomic E-state index is 0.155. The Labute approximate surface area is 134 Å². The Morgan fingerprint density at radius 1 is 1.45 bits per heavy atom. The molecule has 0 fully saturated rings. The zero-order chi connectivity index (χ0) is 14.1. The fourth-order valence-electron chi connectivity index (χ4n) is 2.01. The molecule has 3 nitrogen and oxygen atoms in total. The van der Waals surface area contributed by atoms with E-state index >= 15 is 0 Å². The van der Waals surface area contributed by atoms with Crippen LogP contribution in [0.15, 0.2) is 34.8 Å². The molecule has 3 rings (SSSR count). The van der Waals surface area contributed by atoms with Crippen molar-refractivity contribution in [3.63, 3.8) is 0 Å². The highest BCUT2D eigenvalue weighted by atomic mass is 79.9. The first-order chi connectivity index (χ1) is 9.63. The minimum atomic E-state index is 0.155. The third kappa shape index (κ3) is 2.91. The van der Waals surface area contributed by atoms with Crippen molar-refractivity contribution >= 4 is 49.9 Å². The molecule has 0 saturated heterocycles. The first-order valence-corrected chi connectivity index (χ1v) is 8.24. The number of rotatable bonds is 4. The second kappa shape index (κ2) is 5.85. The SMILES string of the molecule is CC(NCc1cc(Br)c(Cl)s1)c1nc2ccccc2[nH]1. The Kier molecular flexibility index (Phi) is 4.12. The fourth-order valence-corrected chi connectivity index (χ4v) is 3.75. The van der Waals surface area contributed by atoms with Crippen molar-refractivity contribution in [3.8, 4) is 0 Å². The largest absolute Gasteiger partial charge is 0.341 e. The lowest BCUT2D eigenvalue weighted by Crippen LogP contribution is -2.18. The number of nitrogens with zero attached hydrogens (tertiary/aromatic N) is 1. The summed E-state index contributed by atoms with van der Waals surface area (Å²) in [4.78, 5) is 9.14. The lowest BCUT2D eigenvalue weighted by molar-refractivity contribution is 0.556. The normalized spacial score (nSPS) is 12.9. The Balaban J connectivity index is 1.70. The van der Waals surface area contributed by atoms with E-state index in [1.807, 2.05) is 30.3 Å². The molecule has 0 radical (unpaired) electrons. The molecule has 104 valence electrons. The van der Waals surface area contributed by atoms with Crippen LogP contribution in [0, 0.1) is 0 Å². The molecule has 2 N–H and O–H groups in total. The van der Waals surface area contributed by atoms with Gasteiger partial charge < -0.3 is 10.3 Å². The van der Waals surface area contributed by atoms with Gasteiger partial charge in [0, 0.05) is 15.9 Å². The van der Waals surface area contributed by atoms with Crippen molar-refractivity contribution in [3.05, 3.63) is 49.8 Å². The zero-order valence-electron chi connectivity index (χ0n) is 10.8. The molecule has 0 aliphatic heterocycles. The minimum Gasteiger partial charge on any atom is -0.341 e. The van der Waals surface area contributed by atoms with Crippen LogP contribution in [-0.4, -0.2) is 9.97 Å². The molecule has 20 heavy (non-hydrogen) atoms. The molecule has 0 spiro atoms. The summed E-state index contributed by atoms with van der Waals surface area (Å²) in [6.45, 7) is 2.87. The number of imidazole rings is 1. The summed E-state index contributed by atoms with van der Waals surface area (Å²) in [6.07, 6.45) is 0. The molecule has 1 unspecified atom stereocenters. The molecule has 6 heteroatoms. The van der Waals surface area contributed by atoms with E-state index in [1.165, 1.54) is 4.88 Å². The lowest BCUT2D eigenvalue weighted by atomic mass is 10.3. The molecular formula is C14H13BrClN3S. The molecule has 2 aromatic heterocycles. The first-order valence-electron chi connectivity index (χ1n) is 6.25. The highest BCUT2D eigenvalue weighted by Crippen LogP contribution is 2.32. The summed E-state index contributed by atoms with van der Waals surface area (Å²) in [5.74, 6) is 0.952. The fraction of sp³-hybridized carbons (Fsp3) is 0.214. The molecule has 0 bridgehead atoms. The van der Waals surface area contributed by atoms with Gasteiger partial charge in [-0.1, -0.05) is 23.7 Å². The van der Waals surface area contributed by atoms with Crippen LogP contribution in [0.2, 0.25) is 4.34 Å². The number of aromatic nitrogens is 2. The van der Waals surface area contributed by atoms with E-state index in [1.54, 1.807) is 11.3 Å². The van der Waals surface area contributed by atoms with Gasteiger partial charge in [-0.15, -0.1) is 11.3 Å². The standard InChI is InChI=1S/C14H13BrClN3S/c1-8(17-7-9-6-10(15)13(16)20-9)14-18-11-4-2-3-5-12(11)19-14/h2-6,8,17H,7H2,1H3,(H,18,19). The molecule has 1 atom stereocenters. The first kappa shape index (κ1) is 14.1. The van der Waals surface area contributed by atoms with E-state index in [-0.39, 0.29) is 6.04 Å². The predicted molar refractivity (Wildman–Crippen MR) is 88.4 cm³/mol. The van der Waals surface area contributed by atoms with Gasteiger partial charge in [0.15, 0.2) is 0 Å². The van der Waals surface area contributed by atoms with Gasteiger partial charge in [0.05, 0.1) is 17.1 Å². The average molecular weight is 371 g/mol.